The van der Waals surface area contributed by atoms with Crippen LogP contribution in [0.5, 0.6) is 17.2 Å². The molecule has 0 saturated carbocycles. The third-order valence-electron chi connectivity index (χ3n) is 5.81. The third-order valence-corrected chi connectivity index (χ3v) is 6.80. The van der Waals surface area contributed by atoms with Crippen LogP contribution < -0.4 is 29.1 Å². The molecule has 0 aliphatic carbocycles. The Hall–Kier alpha value is -4.11. The van der Waals surface area contributed by atoms with Gasteiger partial charge in [0.15, 0.2) is 4.80 Å². The molecule has 1 aromatic heterocycles. The number of allylic oxidation sites excluding steroid dienone is 1. The fourth-order valence-corrected chi connectivity index (χ4v) is 5.19. The highest BCUT2D eigenvalue weighted by Crippen LogP contribution is 2.37. The van der Waals surface area contributed by atoms with Crippen LogP contribution in [0.15, 0.2) is 76.2 Å². The Bertz CT molecular complexity index is 1550. The van der Waals surface area contributed by atoms with Crippen LogP contribution in [0, 0.1) is 0 Å². The van der Waals surface area contributed by atoms with Gasteiger partial charge < -0.3 is 18.9 Å². The normalized spacial score (nSPS) is 15.0. The predicted octanol–water partition coefficient (Wildman–Crippen LogP) is 3.38. The lowest BCUT2D eigenvalue weighted by atomic mass is 9.95. The lowest BCUT2D eigenvalue weighted by Gasteiger charge is -2.26. The second-order valence-electron chi connectivity index (χ2n) is 8.05. The van der Waals surface area contributed by atoms with E-state index in [0.717, 1.165) is 5.56 Å². The van der Waals surface area contributed by atoms with E-state index < -0.39 is 12.0 Å². The molecule has 192 valence electrons. The van der Waals surface area contributed by atoms with Gasteiger partial charge in [0.25, 0.3) is 5.56 Å². The summed E-state index contributed by atoms with van der Waals surface area (Å²) in [7, 11) is 3.09. The lowest BCUT2D eigenvalue weighted by molar-refractivity contribution is -0.139. The Kier molecular flexibility index (Phi) is 7.93. The standard InChI is InChI=1S/C28H28N2O6S/c1-6-14-36-21-11-9-8-10-18(21)15-23-26(31)30-25(20-13-12-19(33-4)16-22(20)34-5)24(27(32)35-7-2)17(3)29-28(30)37-23/h6,8-13,15-16,25H,1,7,14H2,2-5H3/b23-15-/t25-/m0/s1. The van der Waals surface area contributed by atoms with Gasteiger partial charge in [0.2, 0.25) is 0 Å². The van der Waals surface area contributed by atoms with Crippen molar-refractivity contribution >= 4 is 23.4 Å². The minimum absolute atomic E-state index is 0.188. The van der Waals surface area contributed by atoms with Crippen molar-refractivity contribution in [3.8, 4) is 17.2 Å². The van der Waals surface area contributed by atoms with Crippen LogP contribution in [0.25, 0.3) is 6.08 Å². The Morgan fingerprint density at radius 1 is 1.16 bits per heavy atom. The Morgan fingerprint density at radius 2 is 1.95 bits per heavy atom. The monoisotopic (exact) mass is 520 g/mol. The van der Waals surface area contributed by atoms with Crippen molar-refractivity contribution in [1.82, 2.24) is 4.57 Å². The molecular formula is C28H28N2O6S. The first-order valence-electron chi connectivity index (χ1n) is 11.7. The van der Waals surface area contributed by atoms with Crippen molar-refractivity contribution in [3.05, 3.63) is 97.2 Å². The van der Waals surface area contributed by atoms with Crippen LogP contribution in [0.3, 0.4) is 0 Å². The van der Waals surface area contributed by atoms with Crippen molar-refractivity contribution in [2.45, 2.75) is 19.9 Å². The van der Waals surface area contributed by atoms with Crippen molar-refractivity contribution in [2.75, 3.05) is 27.4 Å². The molecule has 37 heavy (non-hydrogen) atoms. The number of carbonyl (C=O) groups excluding carboxylic acids is 1. The van der Waals surface area contributed by atoms with Gasteiger partial charge >= 0.3 is 5.97 Å². The van der Waals surface area contributed by atoms with Crippen LogP contribution in [0.2, 0.25) is 0 Å². The van der Waals surface area contributed by atoms with E-state index >= 15 is 0 Å². The van der Waals surface area contributed by atoms with Gasteiger partial charge in [-0.1, -0.05) is 42.2 Å². The van der Waals surface area contributed by atoms with Gasteiger partial charge in [0.1, 0.15) is 29.9 Å². The van der Waals surface area contributed by atoms with E-state index in [4.69, 9.17) is 18.9 Å². The maximum atomic E-state index is 13.9. The summed E-state index contributed by atoms with van der Waals surface area (Å²) in [6, 6.07) is 11.9. The molecule has 1 atom stereocenters. The Morgan fingerprint density at radius 3 is 2.65 bits per heavy atom. The molecule has 0 spiro atoms. The van der Waals surface area contributed by atoms with Crippen LogP contribution in [0.4, 0.5) is 0 Å². The number of hydrogen-bond acceptors (Lipinski definition) is 8. The number of rotatable bonds is 9. The summed E-state index contributed by atoms with van der Waals surface area (Å²) in [4.78, 5) is 32.1. The molecule has 0 fully saturated rings. The van der Waals surface area contributed by atoms with Gasteiger partial charge in [0.05, 0.1) is 36.6 Å². The quantitative estimate of drug-likeness (QED) is 0.318. The SMILES string of the molecule is C=CCOc1ccccc1/C=c1\sc2n(c1=O)[C@@H](c1ccc(OC)cc1OC)C(C(=O)OCC)=C(C)N=2. The average Bonchev–Trinajstić information content (AvgIpc) is 3.21. The molecule has 0 N–H and O–H groups in total. The predicted molar refractivity (Wildman–Crippen MR) is 142 cm³/mol. The summed E-state index contributed by atoms with van der Waals surface area (Å²) in [5.74, 6) is 1.15. The number of aromatic nitrogens is 1. The first-order valence-corrected chi connectivity index (χ1v) is 12.5. The van der Waals surface area contributed by atoms with Crippen molar-refractivity contribution in [3.63, 3.8) is 0 Å². The van der Waals surface area contributed by atoms with Crippen LogP contribution in [-0.4, -0.2) is 38.0 Å². The summed E-state index contributed by atoms with van der Waals surface area (Å²) < 4.78 is 24.1. The summed E-state index contributed by atoms with van der Waals surface area (Å²) >= 11 is 1.24. The van der Waals surface area contributed by atoms with Gasteiger partial charge in [-0.2, -0.15) is 0 Å². The summed E-state index contributed by atoms with van der Waals surface area (Å²) in [6.45, 7) is 7.69. The maximum Gasteiger partial charge on any atom is 0.338 e. The zero-order valence-electron chi connectivity index (χ0n) is 21.1. The third kappa shape index (κ3) is 5.08. The van der Waals surface area contributed by atoms with Gasteiger partial charge in [0, 0.05) is 17.2 Å². The molecule has 1 aliphatic heterocycles. The molecule has 1 aliphatic rings. The van der Waals surface area contributed by atoms with Crippen molar-refractivity contribution in [2.24, 2.45) is 4.99 Å². The molecule has 2 aromatic carbocycles. The molecule has 0 radical (unpaired) electrons. The molecule has 3 aromatic rings. The van der Waals surface area contributed by atoms with Crippen LogP contribution in [0.1, 0.15) is 31.0 Å². The maximum absolute atomic E-state index is 13.9. The molecule has 0 saturated heterocycles. The molecule has 8 nitrogen and oxygen atoms in total. The highest BCUT2D eigenvalue weighted by molar-refractivity contribution is 7.07. The fourth-order valence-electron chi connectivity index (χ4n) is 4.15. The van der Waals surface area contributed by atoms with Gasteiger partial charge in [-0.15, -0.1) is 0 Å². The molecule has 0 bridgehead atoms. The second kappa shape index (κ2) is 11.3. The van der Waals surface area contributed by atoms with E-state index in [1.165, 1.54) is 23.0 Å². The first kappa shape index (κ1) is 26.0. The number of fused-ring (bicyclic) bond motifs is 1. The summed E-state index contributed by atoms with van der Waals surface area (Å²) in [5.41, 5.74) is 1.82. The van der Waals surface area contributed by atoms with E-state index in [-0.39, 0.29) is 17.7 Å². The average molecular weight is 521 g/mol. The van der Waals surface area contributed by atoms with E-state index in [1.54, 1.807) is 51.3 Å². The first-order chi connectivity index (χ1) is 17.9. The number of nitrogens with zero attached hydrogens (tertiary/aromatic N) is 2. The van der Waals surface area contributed by atoms with E-state index in [0.29, 0.717) is 44.4 Å². The molecule has 0 unspecified atom stereocenters. The Balaban J connectivity index is 1.97. The molecule has 0 amide bonds. The second-order valence-corrected chi connectivity index (χ2v) is 9.06. The lowest BCUT2D eigenvalue weighted by Crippen LogP contribution is -2.40. The number of hydrogen-bond donors (Lipinski definition) is 0. The minimum Gasteiger partial charge on any atom is -0.497 e. The number of thiazole rings is 1. The van der Waals surface area contributed by atoms with E-state index in [1.807, 2.05) is 24.3 Å². The smallest absolute Gasteiger partial charge is 0.338 e. The van der Waals surface area contributed by atoms with E-state index in [2.05, 4.69) is 11.6 Å². The van der Waals surface area contributed by atoms with Gasteiger partial charge in [-0.25, -0.2) is 9.79 Å². The molecule has 4 rings (SSSR count). The fraction of sp³-hybridized carbons (Fsp3) is 0.250. The van der Waals surface area contributed by atoms with Gasteiger partial charge in [-0.05, 0) is 38.1 Å². The van der Waals surface area contributed by atoms with E-state index in [9.17, 15) is 9.59 Å². The number of para-hydroxylation sites is 1. The molecular weight excluding hydrogens is 492 g/mol. The zero-order valence-corrected chi connectivity index (χ0v) is 22.0. The highest BCUT2D eigenvalue weighted by atomic mass is 32.1. The largest absolute Gasteiger partial charge is 0.497 e. The van der Waals surface area contributed by atoms with Crippen LogP contribution >= 0.6 is 11.3 Å². The Labute approximate surface area is 218 Å². The number of ether oxygens (including phenoxy) is 4. The number of esters is 1. The van der Waals surface area contributed by atoms with Crippen molar-refractivity contribution in [1.29, 1.82) is 0 Å². The number of benzene rings is 2. The topological polar surface area (TPSA) is 88.3 Å². The molecule has 9 heteroatoms. The zero-order chi connectivity index (χ0) is 26.5. The van der Waals surface area contributed by atoms with Crippen LogP contribution in [-0.2, 0) is 9.53 Å². The highest BCUT2D eigenvalue weighted by Gasteiger charge is 2.35. The molecule has 2 heterocycles. The van der Waals surface area contributed by atoms with Crippen molar-refractivity contribution < 1.29 is 23.7 Å². The number of carbonyl (C=O) groups is 1. The summed E-state index contributed by atoms with van der Waals surface area (Å²) in [5, 5.41) is 0. The summed E-state index contributed by atoms with van der Waals surface area (Å²) in [6.07, 6.45) is 3.43. The van der Waals surface area contributed by atoms with Gasteiger partial charge in [-0.3, -0.25) is 9.36 Å². The number of methoxy groups -OCH3 is 2. The minimum atomic E-state index is -0.800.